The van der Waals surface area contributed by atoms with E-state index in [1.807, 2.05) is 49.5 Å². The van der Waals surface area contributed by atoms with Crippen LogP contribution in [0.4, 0.5) is 19.3 Å². The van der Waals surface area contributed by atoms with Crippen molar-refractivity contribution in [2.45, 2.75) is 71.9 Å². The summed E-state index contributed by atoms with van der Waals surface area (Å²) in [5.74, 6) is 0.340. The van der Waals surface area contributed by atoms with Crippen LogP contribution in [-0.2, 0) is 11.2 Å². The fourth-order valence-corrected chi connectivity index (χ4v) is 6.30. The van der Waals surface area contributed by atoms with Gasteiger partial charge in [0.25, 0.3) is 0 Å². The number of nitrogens with zero attached hydrogens (tertiary/aromatic N) is 2. The average molecular weight is 596 g/mol. The van der Waals surface area contributed by atoms with Crippen molar-refractivity contribution in [1.29, 1.82) is 0 Å². The van der Waals surface area contributed by atoms with Gasteiger partial charge in [0.05, 0.1) is 6.04 Å². The largest absolute Gasteiger partial charge is 0.483 e. The molecule has 1 aromatic heterocycles. The first-order valence-corrected chi connectivity index (χ1v) is 14.4. The molecule has 2 heterocycles. The highest BCUT2D eigenvalue weighted by Gasteiger charge is 2.49. The molecule has 3 atom stereocenters. The number of amides is 1. The fourth-order valence-electron chi connectivity index (χ4n) is 6.18. The Kier molecular flexibility index (Phi) is 9.46. The Labute approximate surface area is 250 Å². The molecule has 1 saturated carbocycles. The molecule has 1 aliphatic carbocycles. The third-order valence-corrected chi connectivity index (χ3v) is 7.91. The third kappa shape index (κ3) is 7.40. The van der Waals surface area contributed by atoms with E-state index in [2.05, 4.69) is 48.1 Å². The minimum Gasteiger partial charge on any atom is -0.365 e. The van der Waals surface area contributed by atoms with Gasteiger partial charge in [-0.05, 0) is 66.6 Å². The average Bonchev–Trinajstić information content (AvgIpc) is 3.43. The summed E-state index contributed by atoms with van der Waals surface area (Å²) in [4.78, 5) is 41.0. The molecule has 1 N–H and O–H groups in total. The lowest BCUT2D eigenvalue weighted by molar-refractivity contribution is -0.119. The number of ketones is 1. The van der Waals surface area contributed by atoms with Crippen molar-refractivity contribution in [3.05, 3.63) is 82.1 Å². The quantitative estimate of drug-likeness (QED) is 0.232. The van der Waals surface area contributed by atoms with E-state index in [0.717, 1.165) is 41.8 Å². The summed E-state index contributed by atoms with van der Waals surface area (Å²) in [6, 6.07) is 16.0. The van der Waals surface area contributed by atoms with Gasteiger partial charge < -0.3 is 10.2 Å². The van der Waals surface area contributed by atoms with Crippen LogP contribution >= 0.6 is 11.6 Å². The van der Waals surface area contributed by atoms with E-state index in [-0.39, 0.29) is 35.1 Å². The van der Waals surface area contributed by atoms with Crippen LogP contribution in [0.3, 0.4) is 0 Å². The zero-order valence-electron chi connectivity index (χ0n) is 24.5. The first-order valence-electron chi connectivity index (χ1n) is 14.0. The number of nitrogens with one attached hydrogen (secondary N) is 1. The smallest absolute Gasteiger partial charge is 0.365 e. The van der Waals surface area contributed by atoms with Gasteiger partial charge in [0.2, 0.25) is 5.91 Å². The normalized spacial score (nSPS) is 19.0. The number of aromatic nitrogens is 1. The summed E-state index contributed by atoms with van der Waals surface area (Å²) in [6.07, 6.45) is 1.30. The topological polar surface area (TPSA) is 79.4 Å². The van der Waals surface area contributed by atoms with E-state index in [1.165, 1.54) is 11.3 Å². The Morgan fingerprint density at radius 3 is 2.29 bits per heavy atom. The molecule has 1 amide bonds. The fraction of sp³-hybridized carbons (Fsp3) is 0.394. The van der Waals surface area contributed by atoms with Crippen molar-refractivity contribution in [3.63, 3.8) is 0 Å². The maximum atomic E-state index is 13.6. The van der Waals surface area contributed by atoms with Crippen LogP contribution in [-0.4, -0.2) is 41.6 Å². The van der Waals surface area contributed by atoms with Gasteiger partial charge in [0, 0.05) is 71.1 Å². The van der Waals surface area contributed by atoms with Crippen LogP contribution in [0.25, 0.3) is 11.1 Å². The number of benzene rings is 2. The molecular weight excluding hydrogens is 560 g/mol. The van der Waals surface area contributed by atoms with Crippen molar-refractivity contribution in [2.75, 3.05) is 11.4 Å². The molecule has 0 spiro atoms. The SMILES string of the molecule is CC(=O)NC1CCC2c3cc(C(=O)Cc4ccc(Cl)cc4)cc(-c4ccc(C)nc4)c3N(CC(C)(C)C)C12.O=C(F)F. The van der Waals surface area contributed by atoms with E-state index in [0.29, 0.717) is 17.0 Å². The molecule has 1 fully saturated rings. The summed E-state index contributed by atoms with van der Waals surface area (Å²) in [5.41, 5.74) is 7.09. The van der Waals surface area contributed by atoms with E-state index in [1.54, 1.807) is 6.92 Å². The second-order valence-electron chi connectivity index (χ2n) is 12.3. The van der Waals surface area contributed by atoms with E-state index in [4.69, 9.17) is 16.4 Å². The second kappa shape index (κ2) is 12.7. The number of anilines is 1. The number of fused-ring (bicyclic) bond motifs is 3. The molecule has 0 bridgehead atoms. The van der Waals surface area contributed by atoms with Crippen LogP contribution in [0, 0.1) is 12.3 Å². The minimum absolute atomic E-state index is 0.00380. The number of pyridine rings is 1. The van der Waals surface area contributed by atoms with Crippen LogP contribution in [0.15, 0.2) is 54.7 Å². The first-order chi connectivity index (χ1) is 19.7. The van der Waals surface area contributed by atoms with Crippen LogP contribution in [0.5, 0.6) is 0 Å². The number of hydrogen-bond donors (Lipinski definition) is 1. The predicted octanol–water partition coefficient (Wildman–Crippen LogP) is 7.80. The van der Waals surface area contributed by atoms with Crippen LogP contribution in [0.2, 0.25) is 5.02 Å². The van der Waals surface area contributed by atoms with E-state index >= 15 is 0 Å². The first kappa shape index (κ1) is 31.3. The molecule has 222 valence electrons. The molecule has 42 heavy (non-hydrogen) atoms. The lowest BCUT2D eigenvalue weighted by Gasteiger charge is -2.37. The molecule has 3 aromatic rings. The third-order valence-electron chi connectivity index (χ3n) is 7.65. The summed E-state index contributed by atoms with van der Waals surface area (Å²) in [5, 5.41) is 3.89. The van der Waals surface area contributed by atoms with Crippen molar-refractivity contribution in [3.8, 4) is 11.1 Å². The Morgan fingerprint density at radius 1 is 1.05 bits per heavy atom. The second-order valence-corrected chi connectivity index (χ2v) is 12.7. The predicted molar refractivity (Wildman–Crippen MR) is 162 cm³/mol. The molecule has 5 rings (SSSR count). The van der Waals surface area contributed by atoms with Crippen molar-refractivity contribution in [2.24, 2.45) is 5.41 Å². The zero-order chi connectivity index (χ0) is 30.8. The number of halogens is 3. The van der Waals surface area contributed by atoms with Gasteiger partial charge >= 0.3 is 6.29 Å². The Balaban J connectivity index is 0.000000952. The van der Waals surface area contributed by atoms with Crippen molar-refractivity contribution < 1.29 is 23.2 Å². The lowest BCUT2D eigenvalue weighted by atomic mass is 9.90. The number of aryl methyl sites for hydroxylation is 1. The van der Waals surface area contributed by atoms with Crippen molar-refractivity contribution >= 4 is 35.3 Å². The summed E-state index contributed by atoms with van der Waals surface area (Å²) >= 11 is 6.06. The molecule has 3 unspecified atom stereocenters. The molecule has 9 heteroatoms. The number of carbonyl (C=O) groups is 3. The summed E-state index contributed by atoms with van der Waals surface area (Å²) in [7, 11) is 0. The molecule has 0 radical (unpaired) electrons. The molecule has 6 nitrogen and oxygen atoms in total. The summed E-state index contributed by atoms with van der Waals surface area (Å²) < 4.78 is 19.4. The lowest BCUT2D eigenvalue weighted by Crippen LogP contribution is -2.50. The van der Waals surface area contributed by atoms with Gasteiger partial charge in [-0.25, -0.2) is 4.79 Å². The van der Waals surface area contributed by atoms with Crippen LogP contribution in [0.1, 0.15) is 73.6 Å². The molecular formula is C33H36ClF2N3O3. The Hall–Kier alpha value is -3.65. The van der Waals surface area contributed by atoms with Gasteiger partial charge in [-0.3, -0.25) is 14.6 Å². The minimum atomic E-state index is -2.83. The highest BCUT2D eigenvalue weighted by atomic mass is 35.5. The number of rotatable bonds is 6. The molecule has 2 aromatic carbocycles. The molecule has 1 aliphatic heterocycles. The van der Waals surface area contributed by atoms with Crippen molar-refractivity contribution in [1.82, 2.24) is 10.3 Å². The number of Topliss-reactive ketones (excluding diaryl/α,β-unsaturated/α-hetero) is 1. The molecule has 2 aliphatic rings. The van der Waals surface area contributed by atoms with E-state index < -0.39 is 6.29 Å². The summed E-state index contributed by atoms with van der Waals surface area (Å²) in [6.45, 7) is 11.2. The monoisotopic (exact) mass is 595 g/mol. The maximum absolute atomic E-state index is 13.6. The van der Waals surface area contributed by atoms with Gasteiger partial charge in [-0.15, -0.1) is 8.78 Å². The van der Waals surface area contributed by atoms with Gasteiger partial charge in [0.1, 0.15) is 0 Å². The Bertz CT molecular complexity index is 1470. The standard InChI is InChI=1S/C32H36ClN3O2.CF2O/c1-19-6-9-22(17-34-19)26-15-23(29(38)14-21-7-10-24(33)11-8-21)16-27-25-12-13-28(35-20(2)37)31(25)36(30(26)27)18-32(3,4)5;2-1(3)4/h6-11,15-17,25,28,31H,12-14,18H2,1-5H3,(H,35,37);. The van der Waals surface area contributed by atoms with Gasteiger partial charge in [-0.2, -0.15) is 0 Å². The van der Waals surface area contributed by atoms with Crippen LogP contribution < -0.4 is 10.2 Å². The molecule has 0 saturated heterocycles. The highest BCUT2D eigenvalue weighted by molar-refractivity contribution is 6.30. The maximum Gasteiger partial charge on any atom is 0.483 e. The number of hydrogen-bond acceptors (Lipinski definition) is 5. The zero-order valence-corrected chi connectivity index (χ0v) is 25.3. The Morgan fingerprint density at radius 2 is 1.71 bits per heavy atom. The van der Waals surface area contributed by atoms with Gasteiger partial charge in [-0.1, -0.05) is 50.6 Å². The van der Waals surface area contributed by atoms with E-state index in [9.17, 15) is 18.4 Å². The highest BCUT2D eigenvalue weighted by Crippen LogP contribution is 2.54. The number of carbonyl (C=O) groups excluding carboxylic acids is 3. The van der Waals surface area contributed by atoms with Gasteiger partial charge in [0.15, 0.2) is 5.78 Å².